The van der Waals surface area contributed by atoms with Gasteiger partial charge in [0.05, 0.1) is 0 Å². The van der Waals surface area contributed by atoms with Gasteiger partial charge in [-0.3, -0.25) is 4.79 Å². The summed E-state index contributed by atoms with van der Waals surface area (Å²) in [6.45, 7) is 0.516. The molecule has 21 heavy (non-hydrogen) atoms. The average Bonchev–Trinajstić information content (AvgIpc) is 2.47. The molecule has 0 aliphatic heterocycles. The molecule has 1 saturated carbocycles. The summed E-state index contributed by atoms with van der Waals surface area (Å²) in [7, 11) is 0. The van der Waals surface area contributed by atoms with Crippen LogP contribution in [0.3, 0.4) is 0 Å². The van der Waals surface area contributed by atoms with Gasteiger partial charge < -0.3 is 16.4 Å². The molecule has 1 aromatic rings. The van der Waals surface area contributed by atoms with E-state index in [0.29, 0.717) is 24.6 Å². The van der Waals surface area contributed by atoms with Gasteiger partial charge in [-0.15, -0.1) is 0 Å². The van der Waals surface area contributed by atoms with Crippen LogP contribution in [0.15, 0.2) is 24.3 Å². The Morgan fingerprint density at radius 3 is 2.38 bits per heavy atom. The zero-order valence-electron chi connectivity index (χ0n) is 12.2. The van der Waals surface area contributed by atoms with Crippen LogP contribution in [-0.2, 0) is 11.3 Å². The van der Waals surface area contributed by atoms with Gasteiger partial charge in [0.25, 0.3) is 0 Å². The molecular formula is C16H23N3O2. The van der Waals surface area contributed by atoms with Crippen LogP contribution in [0.1, 0.15) is 44.1 Å². The number of anilines is 1. The van der Waals surface area contributed by atoms with Crippen molar-refractivity contribution in [3.63, 3.8) is 0 Å². The lowest BCUT2D eigenvalue weighted by molar-refractivity contribution is -0.122. The molecule has 4 N–H and O–H groups in total. The summed E-state index contributed by atoms with van der Waals surface area (Å²) in [5.41, 5.74) is 6.70. The third-order valence-corrected chi connectivity index (χ3v) is 3.91. The van der Waals surface area contributed by atoms with Gasteiger partial charge in [0, 0.05) is 18.7 Å². The van der Waals surface area contributed by atoms with Gasteiger partial charge >= 0.3 is 6.03 Å². The largest absolute Gasteiger partial charge is 0.352 e. The molecule has 1 aromatic carbocycles. The Kier molecular flexibility index (Phi) is 5.60. The monoisotopic (exact) mass is 289 g/mol. The van der Waals surface area contributed by atoms with E-state index in [2.05, 4.69) is 10.6 Å². The van der Waals surface area contributed by atoms with E-state index in [9.17, 15) is 9.59 Å². The summed E-state index contributed by atoms with van der Waals surface area (Å²) in [4.78, 5) is 22.6. The highest BCUT2D eigenvalue weighted by atomic mass is 16.2. The third kappa shape index (κ3) is 5.45. The predicted molar refractivity (Wildman–Crippen MR) is 82.7 cm³/mol. The van der Waals surface area contributed by atoms with Crippen LogP contribution in [0, 0.1) is 5.92 Å². The Morgan fingerprint density at radius 2 is 1.76 bits per heavy atom. The molecule has 0 atom stereocenters. The number of hydrogen-bond donors (Lipinski definition) is 3. The molecule has 0 aromatic heterocycles. The molecule has 114 valence electrons. The van der Waals surface area contributed by atoms with Crippen LogP contribution < -0.4 is 16.4 Å². The summed E-state index contributed by atoms with van der Waals surface area (Å²) in [6, 6.07) is 6.70. The number of nitrogens with one attached hydrogen (secondary N) is 2. The van der Waals surface area contributed by atoms with Crippen molar-refractivity contribution < 1.29 is 9.59 Å². The van der Waals surface area contributed by atoms with Gasteiger partial charge in [0.15, 0.2) is 0 Å². The fourth-order valence-electron chi connectivity index (χ4n) is 2.77. The Morgan fingerprint density at radius 1 is 1.10 bits per heavy atom. The van der Waals surface area contributed by atoms with E-state index in [0.717, 1.165) is 5.56 Å². The molecule has 0 unspecified atom stereocenters. The number of rotatable bonds is 5. The number of hydrogen-bond acceptors (Lipinski definition) is 2. The highest BCUT2D eigenvalue weighted by molar-refractivity contribution is 5.87. The quantitative estimate of drug-likeness (QED) is 0.778. The van der Waals surface area contributed by atoms with Gasteiger partial charge in [-0.05, 0) is 36.5 Å². The molecule has 2 rings (SSSR count). The summed E-state index contributed by atoms with van der Waals surface area (Å²) >= 11 is 0. The van der Waals surface area contributed by atoms with Crippen molar-refractivity contribution in [3.05, 3.63) is 29.8 Å². The SMILES string of the molecule is NC(=O)Nc1ccc(CNC(=O)CC2CCCCC2)cc1. The number of carbonyl (C=O) groups excluding carboxylic acids is 2. The number of nitrogens with two attached hydrogens (primary N) is 1. The van der Waals surface area contributed by atoms with Gasteiger partial charge in [-0.1, -0.05) is 31.4 Å². The molecule has 1 aliphatic rings. The van der Waals surface area contributed by atoms with Crippen molar-refractivity contribution in [2.24, 2.45) is 11.7 Å². The summed E-state index contributed by atoms with van der Waals surface area (Å²) < 4.78 is 0. The first-order valence-corrected chi connectivity index (χ1v) is 7.55. The number of carbonyl (C=O) groups is 2. The van der Waals surface area contributed by atoms with Crippen LogP contribution in [0.5, 0.6) is 0 Å². The van der Waals surface area contributed by atoms with Gasteiger partial charge in [-0.25, -0.2) is 4.79 Å². The minimum Gasteiger partial charge on any atom is -0.352 e. The lowest BCUT2D eigenvalue weighted by atomic mass is 9.87. The number of primary amides is 1. The first kappa shape index (κ1) is 15.4. The van der Waals surface area contributed by atoms with Crippen LogP contribution >= 0.6 is 0 Å². The predicted octanol–water partition coefficient (Wildman–Crippen LogP) is 2.76. The number of benzene rings is 1. The first-order valence-electron chi connectivity index (χ1n) is 7.55. The molecule has 0 heterocycles. The van der Waals surface area contributed by atoms with Crippen LogP contribution in [0.4, 0.5) is 10.5 Å². The topological polar surface area (TPSA) is 84.2 Å². The van der Waals surface area contributed by atoms with Crippen LogP contribution in [0.25, 0.3) is 0 Å². The summed E-state index contributed by atoms with van der Waals surface area (Å²) in [6.07, 6.45) is 6.82. The van der Waals surface area contributed by atoms with Crippen LogP contribution in [-0.4, -0.2) is 11.9 Å². The van der Waals surface area contributed by atoms with Crippen molar-refractivity contribution in [2.45, 2.75) is 45.1 Å². The Bertz CT molecular complexity index is 479. The Labute approximate surface area is 125 Å². The molecule has 0 bridgehead atoms. The van der Waals surface area contributed by atoms with Crippen molar-refractivity contribution >= 4 is 17.6 Å². The molecule has 1 aliphatic carbocycles. The summed E-state index contributed by atoms with van der Waals surface area (Å²) in [5, 5.41) is 5.46. The fourth-order valence-corrected chi connectivity index (χ4v) is 2.77. The molecule has 3 amide bonds. The zero-order chi connectivity index (χ0) is 15.1. The minimum absolute atomic E-state index is 0.126. The molecule has 5 nitrogen and oxygen atoms in total. The summed E-state index contributed by atoms with van der Waals surface area (Å²) in [5.74, 6) is 0.683. The van der Waals surface area contributed by atoms with Crippen LogP contribution in [0.2, 0.25) is 0 Å². The third-order valence-electron chi connectivity index (χ3n) is 3.91. The maximum atomic E-state index is 11.9. The van der Waals surface area contributed by atoms with E-state index in [-0.39, 0.29) is 5.91 Å². The zero-order valence-corrected chi connectivity index (χ0v) is 12.2. The molecule has 5 heteroatoms. The van der Waals surface area contributed by atoms with E-state index in [4.69, 9.17) is 5.73 Å². The van der Waals surface area contributed by atoms with E-state index in [1.807, 2.05) is 12.1 Å². The second-order valence-electron chi connectivity index (χ2n) is 5.67. The Hall–Kier alpha value is -2.04. The van der Waals surface area contributed by atoms with Gasteiger partial charge in [-0.2, -0.15) is 0 Å². The number of amides is 3. The standard InChI is InChI=1S/C16H23N3O2/c17-16(21)19-14-8-6-13(7-9-14)11-18-15(20)10-12-4-2-1-3-5-12/h6-9,12H,1-5,10-11H2,(H,18,20)(H3,17,19,21). The first-order chi connectivity index (χ1) is 10.1. The molecule has 1 fully saturated rings. The second kappa shape index (κ2) is 7.67. The van der Waals surface area contributed by atoms with Gasteiger partial charge in [0.2, 0.25) is 5.91 Å². The number of urea groups is 1. The highest BCUT2D eigenvalue weighted by Gasteiger charge is 2.16. The lowest BCUT2D eigenvalue weighted by Gasteiger charge is -2.20. The highest BCUT2D eigenvalue weighted by Crippen LogP contribution is 2.26. The maximum absolute atomic E-state index is 11.9. The van der Waals surface area contributed by atoms with E-state index in [1.54, 1.807) is 12.1 Å². The van der Waals surface area contributed by atoms with E-state index >= 15 is 0 Å². The molecule has 0 saturated heterocycles. The lowest BCUT2D eigenvalue weighted by Crippen LogP contribution is -2.25. The molecular weight excluding hydrogens is 266 g/mol. The smallest absolute Gasteiger partial charge is 0.316 e. The van der Waals surface area contributed by atoms with Gasteiger partial charge in [0.1, 0.15) is 0 Å². The van der Waals surface area contributed by atoms with E-state index in [1.165, 1.54) is 32.1 Å². The van der Waals surface area contributed by atoms with E-state index < -0.39 is 6.03 Å². The average molecular weight is 289 g/mol. The fraction of sp³-hybridized carbons (Fsp3) is 0.500. The molecule has 0 radical (unpaired) electrons. The van der Waals surface area contributed by atoms with Crippen molar-refractivity contribution in [1.82, 2.24) is 5.32 Å². The van der Waals surface area contributed by atoms with Crippen molar-refractivity contribution in [3.8, 4) is 0 Å². The minimum atomic E-state index is -0.580. The maximum Gasteiger partial charge on any atom is 0.316 e. The Balaban J connectivity index is 1.74. The normalized spacial score (nSPS) is 15.4. The molecule has 0 spiro atoms. The second-order valence-corrected chi connectivity index (χ2v) is 5.67. The van der Waals surface area contributed by atoms with Crippen molar-refractivity contribution in [2.75, 3.05) is 5.32 Å². The van der Waals surface area contributed by atoms with Crippen molar-refractivity contribution in [1.29, 1.82) is 0 Å².